The van der Waals surface area contributed by atoms with Crippen LogP contribution in [-0.4, -0.2) is 49.1 Å². The van der Waals surface area contributed by atoms with E-state index in [2.05, 4.69) is 0 Å². The van der Waals surface area contributed by atoms with Crippen LogP contribution in [0.2, 0.25) is 0 Å². The first kappa shape index (κ1) is 21.4. The topological polar surface area (TPSA) is 70.1 Å². The number of benzene rings is 2. The van der Waals surface area contributed by atoms with Gasteiger partial charge in [0, 0.05) is 13.6 Å². The van der Waals surface area contributed by atoms with E-state index in [9.17, 15) is 27.9 Å². The molecular formula is C21H19F3N2O4. The molecule has 0 saturated heterocycles. The molecule has 0 saturated carbocycles. The third-order valence-electron chi connectivity index (χ3n) is 4.71. The molecule has 3 rings (SSSR count). The largest absolute Gasteiger partial charge is 0.497 e. The molecule has 1 aliphatic heterocycles. The van der Waals surface area contributed by atoms with Crippen molar-refractivity contribution in [1.29, 1.82) is 0 Å². The van der Waals surface area contributed by atoms with E-state index >= 15 is 0 Å². The van der Waals surface area contributed by atoms with Gasteiger partial charge in [0.25, 0.3) is 11.8 Å². The van der Waals surface area contributed by atoms with Gasteiger partial charge >= 0.3 is 6.18 Å². The minimum absolute atomic E-state index is 0.0245. The Morgan fingerprint density at radius 1 is 1.00 bits per heavy atom. The smallest absolute Gasteiger partial charge is 0.416 e. The molecule has 30 heavy (non-hydrogen) atoms. The van der Waals surface area contributed by atoms with Gasteiger partial charge in [-0.15, -0.1) is 0 Å². The van der Waals surface area contributed by atoms with Gasteiger partial charge in [-0.2, -0.15) is 13.2 Å². The molecule has 0 spiro atoms. The second-order valence-electron chi connectivity index (χ2n) is 6.59. The van der Waals surface area contributed by atoms with Crippen LogP contribution in [0.1, 0.15) is 11.1 Å². The molecule has 0 unspecified atom stereocenters. The summed E-state index contributed by atoms with van der Waals surface area (Å²) in [5.41, 5.74) is -0.260. The second kappa shape index (κ2) is 8.19. The van der Waals surface area contributed by atoms with E-state index in [0.717, 1.165) is 29.2 Å². The predicted octanol–water partition coefficient (Wildman–Crippen LogP) is 2.92. The Morgan fingerprint density at radius 2 is 1.60 bits per heavy atom. The molecule has 2 amide bonds. The molecule has 1 aliphatic rings. The average molecular weight is 420 g/mol. The summed E-state index contributed by atoms with van der Waals surface area (Å²) < 4.78 is 43.7. The number of ether oxygens (including phenoxy) is 1. The van der Waals surface area contributed by atoms with Gasteiger partial charge in [0.2, 0.25) is 0 Å². The zero-order chi connectivity index (χ0) is 22.1. The van der Waals surface area contributed by atoms with Gasteiger partial charge in [0.15, 0.2) is 0 Å². The standard InChI is InChI=1S/C21H19F3N2O4/c1-25(11-12-27)18-17(13-3-9-16(30-2)10-4-13)19(28)26(20(18)29)15-7-5-14(6-8-15)21(22,23)24/h3-10,27H,11-12H2,1-2H3. The molecule has 1 heterocycles. The Morgan fingerprint density at radius 3 is 2.10 bits per heavy atom. The molecule has 0 aliphatic carbocycles. The molecular weight excluding hydrogens is 401 g/mol. The first-order valence-corrected chi connectivity index (χ1v) is 8.95. The number of amides is 2. The van der Waals surface area contributed by atoms with Crippen LogP contribution in [0.25, 0.3) is 5.57 Å². The number of nitrogens with zero attached hydrogens (tertiary/aromatic N) is 2. The number of aliphatic hydroxyl groups is 1. The van der Waals surface area contributed by atoms with Gasteiger partial charge < -0.3 is 14.7 Å². The minimum atomic E-state index is -4.53. The number of carbonyl (C=O) groups is 2. The molecule has 0 fully saturated rings. The average Bonchev–Trinajstić information content (AvgIpc) is 2.98. The highest BCUT2D eigenvalue weighted by Gasteiger charge is 2.42. The number of alkyl halides is 3. The highest BCUT2D eigenvalue weighted by atomic mass is 19.4. The normalized spacial score (nSPS) is 14.5. The van der Waals surface area contributed by atoms with Crippen LogP contribution in [0.5, 0.6) is 5.75 Å². The Balaban J connectivity index is 2.06. The van der Waals surface area contributed by atoms with E-state index in [4.69, 9.17) is 4.74 Å². The summed E-state index contributed by atoms with van der Waals surface area (Å²) in [6.45, 7) is -0.160. The van der Waals surface area contributed by atoms with Gasteiger partial charge in [-0.1, -0.05) is 12.1 Å². The van der Waals surface area contributed by atoms with E-state index in [-0.39, 0.29) is 30.1 Å². The number of hydrogen-bond donors (Lipinski definition) is 1. The van der Waals surface area contributed by atoms with E-state index in [1.165, 1.54) is 12.0 Å². The van der Waals surface area contributed by atoms with E-state index in [1.807, 2.05) is 0 Å². The third kappa shape index (κ3) is 3.88. The second-order valence-corrected chi connectivity index (χ2v) is 6.59. The number of halogens is 3. The summed E-state index contributed by atoms with van der Waals surface area (Å²) in [6, 6.07) is 10.3. The first-order chi connectivity index (χ1) is 14.2. The Bertz CT molecular complexity index is 983. The SMILES string of the molecule is COc1ccc(C2=C(N(C)CCO)C(=O)N(c3ccc(C(F)(F)F)cc3)C2=O)cc1. The van der Waals surface area contributed by atoms with Crippen molar-refractivity contribution in [2.75, 3.05) is 32.2 Å². The lowest BCUT2D eigenvalue weighted by molar-refractivity contribution is -0.137. The molecule has 9 heteroatoms. The fourth-order valence-electron chi connectivity index (χ4n) is 3.19. The lowest BCUT2D eigenvalue weighted by Gasteiger charge is -2.20. The van der Waals surface area contributed by atoms with Gasteiger partial charge in [-0.05, 0) is 42.0 Å². The molecule has 0 aromatic heterocycles. The number of likely N-dealkylation sites (N-methyl/N-ethyl adjacent to an activating group) is 1. The zero-order valence-electron chi connectivity index (χ0n) is 16.2. The lowest BCUT2D eigenvalue weighted by Crippen LogP contribution is -2.34. The van der Waals surface area contributed by atoms with Crippen molar-refractivity contribution >= 4 is 23.1 Å². The van der Waals surface area contributed by atoms with Crippen molar-refractivity contribution in [2.45, 2.75) is 6.18 Å². The highest BCUT2D eigenvalue weighted by molar-refractivity contribution is 6.45. The number of methoxy groups -OCH3 is 1. The van der Waals surface area contributed by atoms with Crippen molar-refractivity contribution in [1.82, 2.24) is 4.90 Å². The maximum Gasteiger partial charge on any atom is 0.416 e. The molecule has 2 aromatic rings. The molecule has 1 N–H and O–H groups in total. The summed E-state index contributed by atoms with van der Waals surface area (Å²) >= 11 is 0. The number of rotatable bonds is 6. The lowest BCUT2D eigenvalue weighted by atomic mass is 10.0. The molecule has 6 nitrogen and oxygen atoms in total. The highest BCUT2D eigenvalue weighted by Crippen LogP contribution is 2.36. The zero-order valence-corrected chi connectivity index (χ0v) is 16.2. The summed E-state index contributed by atoms with van der Waals surface area (Å²) in [5, 5.41) is 9.27. The van der Waals surface area contributed by atoms with Gasteiger partial charge in [0.05, 0.1) is 30.5 Å². The van der Waals surface area contributed by atoms with Crippen LogP contribution >= 0.6 is 0 Å². The van der Waals surface area contributed by atoms with Crippen molar-refractivity contribution in [3.8, 4) is 5.75 Å². The van der Waals surface area contributed by atoms with Crippen LogP contribution in [-0.2, 0) is 15.8 Å². The molecule has 158 valence electrons. The quantitative estimate of drug-likeness (QED) is 0.728. The Kier molecular flexibility index (Phi) is 5.84. The molecule has 0 radical (unpaired) electrons. The van der Waals surface area contributed by atoms with E-state index in [1.54, 1.807) is 31.3 Å². The summed E-state index contributed by atoms with van der Waals surface area (Å²) in [7, 11) is 3.04. The predicted molar refractivity (Wildman–Crippen MR) is 104 cm³/mol. The van der Waals surface area contributed by atoms with Crippen LogP contribution in [0, 0.1) is 0 Å². The van der Waals surface area contributed by atoms with E-state index in [0.29, 0.717) is 11.3 Å². The fraction of sp³-hybridized carbons (Fsp3) is 0.238. The van der Waals surface area contributed by atoms with Crippen LogP contribution in [0.15, 0.2) is 54.2 Å². The summed E-state index contributed by atoms with van der Waals surface area (Å²) in [6.07, 6.45) is -4.53. The van der Waals surface area contributed by atoms with Crippen molar-refractivity contribution in [2.24, 2.45) is 0 Å². The van der Waals surface area contributed by atoms with Crippen LogP contribution < -0.4 is 9.64 Å². The fourth-order valence-corrected chi connectivity index (χ4v) is 3.19. The van der Waals surface area contributed by atoms with Crippen molar-refractivity contribution in [3.63, 3.8) is 0 Å². The molecule has 0 atom stereocenters. The van der Waals surface area contributed by atoms with Gasteiger partial charge in [-0.3, -0.25) is 9.59 Å². The van der Waals surface area contributed by atoms with Crippen LogP contribution in [0.4, 0.5) is 18.9 Å². The number of aliphatic hydroxyl groups excluding tert-OH is 1. The number of hydrogen-bond acceptors (Lipinski definition) is 5. The van der Waals surface area contributed by atoms with Crippen molar-refractivity contribution in [3.05, 3.63) is 65.4 Å². The Hall–Kier alpha value is -3.33. The number of imide groups is 1. The minimum Gasteiger partial charge on any atom is -0.497 e. The summed E-state index contributed by atoms with van der Waals surface area (Å²) in [5.74, 6) is -0.785. The maximum atomic E-state index is 13.2. The van der Waals surface area contributed by atoms with Crippen LogP contribution in [0.3, 0.4) is 0 Å². The maximum absolute atomic E-state index is 13.2. The molecule has 2 aromatic carbocycles. The third-order valence-corrected chi connectivity index (χ3v) is 4.71. The Labute approximate surface area is 170 Å². The number of anilines is 1. The van der Waals surface area contributed by atoms with E-state index < -0.39 is 23.6 Å². The molecule has 0 bridgehead atoms. The summed E-state index contributed by atoms with van der Waals surface area (Å²) in [4.78, 5) is 28.6. The van der Waals surface area contributed by atoms with Crippen molar-refractivity contribution < 1.29 is 32.6 Å². The monoisotopic (exact) mass is 420 g/mol. The number of carbonyl (C=O) groups excluding carboxylic acids is 2. The van der Waals surface area contributed by atoms with Gasteiger partial charge in [-0.25, -0.2) is 4.90 Å². The van der Waals surface area contributed by atoms with Gasteiger partial charge in [0.1, 0.15) is 11.4 Å². The first-order valence-electron chi connectivity index (χ1n) is 8.95.